The van der Waals surface area contributed by atoms with Crippen molar-refractivity contribution in [1.82, 2.24) is 34.9 Å². The number of hydrogen-bond acceptors (Lipinski definition) is 6. The second-order valence-electron chi connectivity index (χ2n) is 8.08. The summed E-state index contributed by atoms with van der Waals surface area (Å²) in [5.41, 5.74) is 2.40. The zero-order valence-electron chi connectivity index (χ0n) is 19.3. The number of nitrogens with zero attached hydrogens (tertiary/aromatic N) is 8. The number of hydrogen-bond donors (Lipinski definition) is 1. The number of aromatic nitrogens is 4. The molecule has 3 heterocycles. The fourth-order valence-corrected chi connectivity index (χ4v) is 3.83. The minimum Gasteiger partial charge on any atom is -0.355 e. The van der Waals surface area contributed by atoms with Gasteiger partial charge in [0.15, 0.2) is 5.96 Å². The first kappa shape index (κ1) is 25.3. The first-order chi connectivity index (χ1) is 14.5. The van der Waals surface area contributed by atoms with Crippen LogP contribution in [0.15, 0.2) is 29.6 Å². The molecule has 1 aliphatic rings. The minimum atomic E-state index is 0. The molecule has 9 nitrogen and oxygen atoms in total. The third-order valence-electron chi connectivity index (χ3n) is 5.38. The number of aliphatic imine (C=N–C) groups is 1. The van der Waals surface area contributed by atoms with Gasteiger partial charge in [0, 0.05) is 91.1 Å². The third-order valence-corrected chi connectivity index (χ3v) is 5.38. The molecule has 0 spiro atoms. The van der Waals surface area contributed by atoms with Gasteiger partial charge in [-0.1, -0.05) is 13.8 Å². The quantitative estimate of drug-likeness (QED) is 0.326. The summed E-state index contributed by atoms with van der Waals surface area (Å²) in [4.78, 5) is 20.0. The van der Waals surface area contributed by atoms with Crippen molar-refractivity contribution < 1.29 is 0 Å². The Morgan fingerprint density at radius 3 is 2.48 bits per heavy atom. The Labute approximate surface area is 203 Å². The number of guanidine groups is 1. The normalized spacial score (nSPS) is 15.2. The molecule has 1 fully saturated rings. The van der Waals surface area contributed by atoms with E-state index in [1.807, 2.05) is 24.8 Å². The molecule has 0 aromatic carbocycles. The molecule has 31 heavy (non-hydrogen) atoms. The molecule has 172 valence electrons. The monoisotopic (exact) mass is 541 g/mol. The van der Waals surface area contributed by atoms with Crippen molar-refractivity contribution in [2.75, 3.05) is 58.3 Å². The van der Waals surface area contributed by atoms with Crippen molar-refractivity contribution in [2.24, 2.45) is 12.0 Å². The van der Waals surface area contributed by atoms with E-state index in [9.17, 15) is 0 Å². The summed E-state index contributed by atoms with van der Waals surface area (Å²) >= 11 is 0. The van der Waals surface area contributed by atoms with Crippen molar-refractivity contribution in [1.29, 1.82) is 0 Å². The van der Waals surface area contributed by atoms with E-state index in [1.165, 1.54) is 5.56 Å². The van der Waals surface area contributed by atoms with E-state index >= 15 is 0 Å². The van der Waals surface area contributed by atoms with E-state index in [1.54, 1.807) is 12.4 Å². The van der Waals surface area contributed by atoms with Gasteiger partial charge in [-0.15, -0.1) is 24.0 Å². The standard InChI is InChI=1S/C21H35N9.HI/c1-17(2)19-18(16-28(5)26-19)15-27(4)20(22-3)25-9-10-29-11-13-30(14-12-29)21-23-7-6-8-24-21;/h6-8,16-17H,9-15H2,1-5H3,(H,22,25);1H. The van der Waals surface area contributed by atoms with Crippen LogP contribution in [-0.4, -0.2) is 88.9 Å². The van der Waals surface area contributed by atoms with Gasteiger partial charge in [0.1, 0.15) is 0 Å². The molecule has 0 saturated carbocycles. The highest BCUT2D eigenvalue weighted by molar-refractivity contribution is 14.0. The molecule has 0 radical (unpaired) electrons. The maximum Gasteiger partial charge on any atom is 0.225 e. The fraction of sp³-hybridized carbons (Fsp3) is 0.619. The van der Waals surface area contributed by atoms with E-state index in [0.717, 1.165) is 63.4 Å². The van der Waals surface area contributed by atoms with Gasteiger partial charge in [0.05, 0.1) is 5.69 Å². The largest absolute Gasteiger partial charge is 0.355 e. The smallest absolute Gasteiger partial charge is 0.225 e. The molecule has 0 unspecified atom stereocenters. The Bertz CT molecular complexity index is 814. The van der Waals surface area contributed by atoms with Crippen LogP contribution in [0.5, 0.6) is 0 Å². The van der Waals surface area contributed by atoms with E-state index in [-0.39, 0.29) is 24.0 Å². The first-order valence-corrected chi connectivity index (χ1v) is 10.7. The third kappa shape index (κ3) is 7.03. The van der Waals surface area contributed by atoms with Crippen LogP contribution in [0.4, 0.5) is 5.95 Å². The van der Waals surface area contributed by atoms with Crippen LogP contribution < -0.4 is 10.2 Å². The molecule has 3 rings (SSSR count). The van der Waals surface area contributed by atoms with Crippen molar-refractivity contribution in [2.45, 2.75) is 26.3 Å². The Hall–Kier alpha value is -1.95. The van der Waals surface area contributed by atoms with Gasteiger partial charge in [-0.3, -0.25) is 14.6 Å². The second-order valence-corrected chi connectivity index (χ2v) is 8.08. The molecule has 1 aliphatic heterocycles. The molecule has 0 aliphatic carbocycles. The van der Waals surface area contributed by atoms with Crippen LogP contribution in [0.25, 0.3) is 0 Å². The van der Waals surface area contributed by atoms with Gasteiger partial charge in [-0.25, -0.2) is 9.97 Å². The summed E-state index contributed by atoms with van der Waals surface area (Å²) in [5.74, 6) is 2.14. The molecule has 2 aromatic heterocycles. The summed E-state index contributed by atoms with van der Waals surface area (Å²) < 4.78 is 1.90. The lowest BCUT2D eigenvalue weighted by molar-refractivity contribution is 0.259. The van der Waals surface area contributed by atoms with Crippen molar-refractivity contribution >= 4 is 35.9 Å². The fourth-order valence-electron chi connectivity index (χ4n) is 3.83. The molecular formula is C21H36IN9. The minimum absolute atomic E-state index is 0. The van der Waals surface area contributed by atoms with E-state index in [0.29, 0.717) is 5.92 Å². The molecule has 0 amide bonds. The molecular weight excluding hydrogens is 505 g/mol. The molecule has 0 bridgehead atoms. The number of halogens is 1. The molecule has 10 heteroatoms. The zero-order valence-corrected chi connectivity index (χ0v) is 21.7. The summed E-state index contributed by atoms with van der Waals surface area (Å²) in [6.07, 6.45) is 5.71. The molecule has 2 aromatic rings. The van der Waals surface area contributed by atoms with Crippen LogP contribution in [0.2, 0.25) is 0 Å². The van der Waals surface area contributed by atoms with Crippen LogP contribution in [0.1, 0.15) is 31.0 Å². The molecule has 0 atom stereocenters. The van der Waals surface area contributed by atoms with Crippen LogP contribution in [-0.2, 0) is 13.6 Å². The summed E-state index contributed by atoms with van der Waals surface area (Å²) in [7, 11) is 5.89. The molecule has 1 saturated heterocycles. The van der Waals surface area contributed by atoms with E-state index in [2.05, 4.69) is 67.2 Å². The number of aryl methyl sites for hydroxylation is 1. The number of piperazine rings is 1. The topological polar surface area (TPSA) is 77.7 Å². The lowest BCUT2D eigenvalue weighted by Gasteiger charge is -2.34. The maximum absolute atomic E-state index is 4.61. The second kappa shape index (κ2) is 12.2. The van der Waals surface area contributed by atoms with Crippen LogP contribution >= 0.6 is 24.0 Å². The van der Waals surface area contributed by atoms with Gasteiger partial charge in [-0.2, -0.15) is 5.10 Å². The van der Waals surface area contributed by atoms with Gasteiger partial charge >= 0.3 is 0 Å². The number of rotatable bonds is 7. The van der Waals surface area contributed by atoms with E-state index in [4.69, 9.17) is 0 Å². The highest BCUT2D eigenvalue weighted by atomic mass is 127. The lowest BCUT2D eigenvalue weighted by Crippen LogP contribution is -2.49. The van der Waals surface area contributed by atoms with Crippen LogP contribution in [0.3, 0.4) is 0 Å². The average molecular weight is 541 g/mol. The summed E-state index contributed by atoms with van der Waals surface area (Å²) in [6, 6.07) is 1.85. The molecule has 1 N–H and O–H groups in total. The Kier molecular flexibility index (Phi) is 9.94. The van der Waals surface area contributed by atoms with Crippen molar-refractivity contribution in [3.05, 3.63) is 35.9 Å². The predicted molar refractivity (Wildman–Crippen MR) is 136 cm³/mol. The Balaban J connectivity index is 0.00000341. The Morgan fingerprint density at radius 2 is 1.87 bits per heavy atom. The van der Waals surface area contributed by atoms with Gasteiger partial charge in [0.25, 0.3) is 0 Å². The zero-order chi connectivity index (χ0) is 21.5. The summed E-state index contributed by atoms with van der Waals surface area (Å²) in [6.45, 7) is 10.9. The van der Waals surface area contributed by atoms with Crippen molar-refractivity contribution in [3.8, 4) is 0 Å². The maximum atomic E-state index is 4.61. The summed E-state index contributed by atoms with van der Waals surface area (Å²) in [5, 5.41) is 8.11. The lowest BCUT2D eigenvalue weighted by atomic mass is 10.1. The van der Waals surface area contributed by atoms with Crippen LogP contribution in [0, 0.1) is 0 Å². The SMILES string of the molecule is CN=C(NCCN1CCN(c2ncccn2)CC1)N(C)Cc1cn(C)nc1C(C)C.I. The first-order valence-electron chi connectivity index (χ1n) is 10.7. The number of nitrogens with one attached hydrogen (secondary N) is 1. The highest BCUT2D eigenvalue weighted by Crippen LogP contribution is 2.18. The predicted octanol–water partition coefficient (Wildman–Crippen LogP) is 1.78. The highest BCUT2D eigenvalue weighted by Gasteiger charge is 2.19. The van der Waals surface area contributed by atoms with Gasteiger partial charge < -0.3 is 15.1 Å². The number of anilines is 1. The average Bonchev–Trinajstić information content (AvgIpc) is 3.12. The Morgan fingerprint density at radius 1 is 1.19 bits per heavy atom. The van der Waals surface area contributed by atoms with Gasteiger partial charge in [-0.05, 0) is 12.0 Å². The van der Waals surface area contributed by atoms with Crippen molar-refractivity contribution in [3.63, 3.8) is 0 Å². The van der Waals surface area contributed by atoms with E-state index < -0.39 is 0 Å². The van der Waals surface area contributed by atoms with Gasteiger partial charge in [0.2, 0.25) is 5.95 Å².